The van der Waals surface area contributed by atoms with Crippen LogP contribution < -0.4 is 9.30 Å². The number of rotatable bonds is 1. The second-order valence-corrected chi connectivity index (χ2v) is 8.62. The van der Waals surface area contributed by atoms with Gasteiger partial charge in [-0.15, -0.1) is 11.3 Å². The second-order valence-electron chi connectivity index (χ2n) is 6.64. The molecule has 0 unspecified atom stereocenters. The third-order valence-electron chi connectivity index (χ3n) is 4.77. The normalized spacial score (nSPS) is 12.9. The summed E-state index contributed by atoms with van der Waals surface area (Å²) in [5.41, 5.74) is 3.72. The molecule has 0 aliphatic carbocycles. The van der Waals surface area contributed by atoms with Crippen LogP contribution in [0.4, 0.5) is 0 Å². The summed E-state index contributed by atoms with van der Waals surface area (Å²) in [4.78, 5) is 6.99. The molecule has 5 heteroatoms. The van der Waals surface area contributed by atoms with Gasteiger partial charge >= 0.3 is 0 Å². The maximum Gasteiger partial charge on any atom is 0.288 e. The van der Waals surface area contributed by atoms with Gasteiger partial charge in [0.05, 0.1) is 17.5 Å². The zero-order valence-corrected chi connectivity index (χ0v) is 15.6. The average molecular weight is 353 g/mol. The molecular formula is C19H17N2OS2+. The van der Waals surface area contributed by atoms with Gasteiger partial charge in [0.1, 0.15) is 11.1 Å². The number of thiophene rings is 2. The van der Waals surface area contributed by atoms with Gasteiger partial charge in [0, 0.05) is 4.70 Å². The van der Waals surface area contributed by atoms with Crippen LogP contribution >= 0.6 is 22.7 Å². The smallest absolute Gasteiger partial charge is 0.288 e. The zero-order chi connectivity index (χ0) is 16.6. The molecule has 0 N–H and O–H groups in total. The largest absolute Gasteiger partial charge is 0.454 e. The van der Waals surface area contributed by atoms with E-state index < -0.39 is 0 Å². The molecule has 0 saturated carbocycles. The zero-order valence-electron chi connectivity index (χ0n) is 14.0. The molecule has 0 atom stereocenters. The topological polar surface area (TPSA) is 26.0 Å². The first-order chi connectivity index (χ1) is 11.6. The Hall–Kier alpha value is -1.98. The Morgan fingerprint density at radius 1 is 1.29 bits per heavy atom. The number of nitrogens with zero attached hydrogens (tertiary/aromatic N) is 2. The van der Waals surface area contributed by atoms with Gasteiger partial charge in [-0.05, 0) is 46.3 Å². The van der Waals surface area contributed by atoms with Crippen molar-refractivity contribution in [2.75, 3.05) is 0 Å². The van der Waals surface area contributed by atoms with Gasteiger partial charge in [0.25, 0.3) is 6.33 Å². The van der Waals surface area contributed by atoms with Crippen LogP contribution in [0.1, 0.15) is 30.2 Å². The number of hydrogen-bond acceptors (Lipinski definition) is 4. The van der Waals surface area contributed by atoms with E-state index in [4.69, 9.17) is 4.74 Å². The number of hydrogen-bond donors (Lipinski definition) is 0. The lowest BCUT2D eigenvalue weighted by molar-refractivity contribution is -0.662. The lowest BCUT2D eigenvalue weighted by Crippen LogP contribution is -2.32. The minimum absolute atomic E-state index is 0.422. The number of benzene rings is 1. The van der Waals surface area contributed by atoms with Crippen LogP contribution in [0.15, 0.2) is 23.8 Å². The summed E-state index contributed by atoms with van der Waals surface area (Å²) in [5, 5.41) is 4.63. The molecule has 24 heavy (non-hydrogen) atoms. The highest BCUT2D eigenvalue weighted by atomic mass is 32.1. The quantitative estimate of drug-likeness (QED) is 0.370. The molecule has 1 aromatic carbocycles. The Labute approximate surface area is 148 Å². The van der Waals surface area contributed by atoms with Crippen molar-refractivity contribution in [3.63, 3.8) is 0 Å². The molecule has 3 nitrogen and oxygen atoms in total. The third-order valence-corrected chi connectivity index (χ3v) is 7.01. The number of ether oxygens (including phenoxy) is 1. The van der Waals surface area contributed by atoms with Crippen molar-refractivity contribution in [1.29, 1.82) is 0 Å². The van der Waals surface area contributed by atoms with Crippen LogP contribution in [0.2, 0.25) is 0 Å². The van der Waals surface area contributed by atoms with E-state index in [1.165, 1.54) is 37.2 Å². The molecule has 0 radical (unpaired) electrons. The monoisotopic (exact) mass is 353 g/mol. The van der Waals surface area contributed by atoms with Crippen molar-refractivity contribution in [3.05, 3.63) is 34.3 Å². The van der Waals surface area contributed by atoms with E-state index >= 15 is 0 Å². The Morgan fingerprint density at radius 3 is 2.92 bits per heavy atom. The maximum absolute atomic E-state index is 6.46. The standard InChI is InChI=1S/C19H17N2OS2/c1-9(2)18-17-15-16(21(4)8-20-19(15)24-18)14-10(3)11-5-6-23-13(11)7-12(14)22-17/h5-9H,1-4H3/q+1. The van der Waals surface area contributed by atoms with Gasteiger partial charge in [-0.25, -0.2) is 4.57 Å². The van der Waals surface area contributed by atoms with Gasteiger partial charge < -0.3 is 4.74 Å². The molecule has 5 rings (SSSR count). The molecule has 0 spiro atoms. The highest BCUT2D eigenvalue weighted by Crippen LogP contribution is 2.53. The summed E-state index contributed by atoms with van der Waals surface area (Å²) in [5.74, 6) is 2.40. The lowest BCUT2D eigenvalue weighted by Gasteiger charge is -2.20. The summed E-state index contributed by atoms with van der Waals surface area (Å²) >= 11 is 3.52. The highest BCUT2D eigenvalue weighted by molar-refractivity contribution is 7.19. The summed E-state index contributed by atoms with van der Waals surface area (Å²) in [7, 11) is 2.07. The number of fused-ring (bicyclic) bond motifs is 3. The van der Waals surface area contributed by atoms with Crippen LogP contribution in [0.5, 0.6) is 11.5 Å². The summed E-state index contributed by atoms with van der Waals surface area (Å²) in [6, 6.07) is 4.40. The predicted molar refractivity (Wildman–Crippen MR) is 101 cm³/mol. The third kappa shape index (κ3) is 1.71. The van der Waals surface area contributed by atoms with Crippen molar-refractivity contribution < 1.29 is 9.30 Å². The first-order valence-corrected chi connectivity index (χ1v) is 9.76. The van der Waals surface area contributed by atoms with Crippen molar-refractivity contribution >= 4 is 43.0 Å². The van der Waals surface area contributed by atoms with E-state index in [-0.39, 0.29) is 0 Å². The fourth-order valence-electron chi connectivity index (χ4n) is 3.62. The highest BCUT2D eigenvalue weighted by Gasteiger charge is 2.34. The van der Waals surface area contributed by atoms with Crippen LogP contribution in [-0.2, 0) is 7.05 Å². The predicted octanol–water partition coefficient (Wildman–Crippen LogP) is 5.54. The molecular weight excluding hydrogens is 336 g/mol. The van der Waals surface area contributed by atoms with Crippen LogP contribution in [-0.4, -0.2) is 4.98 Å². The summed E-state index contributed by atoms with van der Waals surface area (Å²) in [6.07, 6.45) is 1.93. The molecule has 120 valence electrons. The van der Waals surface area contributed by atoms with E-state index in [0.29, 0.717) is 5.92 Å². The van der Waals surface area contributed by atoms with Crippen molar-refractivity contribution in [1.82, 2.24) is 4.98 Å². The molecule has 4 heterocycles. The Bertz CT molecular complexity index is 1140. The van der Waals surface area contributed by atoms with Crippen LogP contribution in [0.25, 0.3) is 31.6 Å². The van der Waals surface area contributed by atoms with Crippen molar-refractivity contribution in [2.24, 2.45) is 7.05 Å². The molecule has 0 bridgehead atoms. The van der Waals surface area contributed by atoms with E-state index in [2.05, 4.69) is 54.9 Å². The van der Waals surface area contributed by atoms with E-state index in [0.717, 1.165) is 16.3 Å². The Morgan fingerprint density at radius 2 is 2.12 bits per heavy atom. The SMILES string of the molecule is Cc1c2c(cc3sccc13)Oc1c(C(C)C)sc3nc[n+](C)c-2c13. The summed E-state index contributed by atoms with van der Waals surface area (Å²) in [6.45, 7) is 6.63. The van der Waals surface area contributed by atoms with Gasteiger partial charge in [-0.1, -0.05) is 25.2 Å². The molecule has 1 aliphatic heterocycles. The first-order valence-electron chi connectivity index (χ1n) is 8.06. The van der Waals surface area contributed by atoms with Crippen molar-refractivity contribution in [3.8, 4) is 22.8 Å². The molecule has 4 aromatic rings. The molecule has 1 aliphatic rings. The van der Waals surface area contributed by atoms with E-state index in [1.54, 1.807) is 22.7 Å². The number of aromatic nitrogens is 2. The molecule has 0 fully saturated rings. The van der Waals surface area contributed by atoms with Gasteiger partial charge in [0.15, 0.2) is 11.4 Å². The average Bonchev–Trinajstić information content (AvgIpc) is 3.15. The molecule has 3 aromatic heterocycles. The second kappa shape index (κ2) is 4.77. The van der Waals surface area contributed by atoms with Gasteiger partial charge in [0.2, 0.25) is 4.83 Å². The summed E-state index contributed by atoms with van der Waals surface area (Å²) < 4.78 is 9.87. The molecule has 0 saturated heterocycles. The fourth-order valence-corrected chi connectivity index (χ4v) is 5.56. The number of aryl methyl sites for hydroxylation is 2. The van der Waals surface area contributed by atoms with Gasteiger partial charge in [-0.2, -0.15) is 0 Å². The van der Waals surface area contributed by atoms with Crippen LogP contribution in [0, 0.1) is 6.92 Å². The first kappa shape index (κ1) is 14.4. The van der Waals surface area contributed by atoms with Crippen molar-refractivity contribution in [2.45, 2.75) is 26.7 Å². The van der Waals surface area contributed by atoms with E-state index in [9.17, 15) is 0 Å². The minimum atomic E-state index is 0.422. The Balaban J connectivity index is 1.99. The lowest BCUT2D eigenvalue weighted by atomic mass is 9.96. The van der Waals surface area contributed by atoms with Crippen LogP contribution in [0.3, 0.4) is 0 Å². The Kier molecular flexibility index (Phi) is 2.86. The van der Waals surface area contributed by atoms with E-state index in [1.807, 2.05) is 6.33 Å². The minimum Gasteiger partial charge on any atom is -0.454 e. The van der Waals surface area contributed by atoms with Gasteiger partial charge in [-0.3, -0.25) is 0 Å². The fraction of sp³-hybridized carbons (Fsp3) is 0.263. The maximum atomic E-state index is 6.46. The molecule has 0 amide bonds.